The standard InChI is InChI=1S/C17H15FN2O2S/c1-12-2-11-17(20(12)15-7-5-14(18)6-8-15)13-3-9-16(10-4-13)23(19,21)22/h2-11H,1H3,(H2,19,21,22). The van der Waals surface area contributed by atoms with Gasteiger partial charge in [-0.25, -0.2) is 17.9 Å². The van der Waals surface area contributed by atoms with Gasteiger partial charge >= 0.3 is 0 Å². The van der Waals surface area contributed by atoms with E-state index < -0.39 is 10.0 Å². The lowest BCUT2D eigenvalue weighted by molar-refractivity contribution is 0.598. The minimum absolute atomic E-state index is 0.0675. The van der Waals surface area contributed by atoms with E-state index in [1.807, 2.05) is 23.6 Å². The van der Waals surface area contributed by atoms with Crippen LogP contribution < -0.4 is 5.14 Å². The van der Waals surface area contributed by atoms with Crippen molar-refractivity contribution >= 4 is 10.0 Å². The summed E-state index contributed by atoms with van der Waals surface area (Å²) < 4.78 is 37.8. The summed E-state index contributed by atoms with van der Waals surface area (Å²) in [5, 5.41) is 5.12. The van der Waals surface area contributed by atoms with Crippen LogP contribution in [0.2, 0.25) is 0 Å². The molecular formula is C17H15FN2O2S. The Labute approximate surface area is 134 Å². The van der Waals surface area contributed by atoms with Crippen LogP contribution in [-0.2, 0) is 10.0 Å². The van der Waals surface area contributed by atoms with Gasteiger partial charge in [0.1, 0.15) is 5.82 Å². The van der Waals surface area contributed by atoms with Gasteiger partial charge in [0.15, 0.2) is 0 Å². The molecule has 0 aliphatic rings. The number of sulfonamides is 1. The molecule has 2 N–H and O–H groups in total. The molecule has 1 aromatic heterocycles. The van der Waals surface area contributed by atoms with Crippen molar-refractivity contribution in [1.82, 2.24) is 4.57 Å². The van der Waals surface area contributed by atoms with E-state index in [2.05, 4.69) is 0 Å². The van der Waals surface area contributed by atoms with Crippen LogP contribution in [0.15, 0.2) is 65.6 Å². The summed E-state index contributed by atoms with van der Waals surface area (Å²) in [4.78, 5) is 0.0675. The zero-order chi connectivity index (χ0) is 16.6. The van der Waals surface area contributed by atoms with E-state index in [9.17, 15) is 12.8 Å². The third-order valence-corrected chi connectivity index (χ3v) is 4.57. The van der Waals surface area contributed by atoms with Gasteiger partial charge in [0.2, 0.25) is 10.0 Å². The number of rotatable bonds is 3. The fourth-order valence-corrected chi connectivity index (χ4v) is 3.03. The molecule has 23 heavy (non-hydrogen) atoms. The van der Waals surface area contributed by atoms with Gasteiger partial charge < -0.3 is 4.57 Å². The normalized spacial score (nSPS) is 11.6. The zero-order valence-electron chi connectivity index (χ0n) is 12.4. The lowest BCUT2D eigenvalue weighted by Crippen LogP contribution is -2.11. The van der Waals surface area contributed by atoms with Crippen LogP contribution in [0.3, 0.4) is 0 Å². The molecule has 0 spiro atoms. The lowest BCUT2D eigenvalue weighted by atomic mass is 10.1. The van der Waals surface area contributed by atoms with Crippen molar-refractivity contribution in [3.8, 4) is 16.9 Å². The summed E-state index contributed by atoms with van der Waals surface area (Å²) in [6.07, 6.45) is 0. The van der Waals surface area contributed by atoms with Gasteiger partial charge in [-0.1, -0.05) is 12.1 Å². The summed E-state index contributed by atoms with van der Waals surface area (Å²) in [6.45, 7) is 1.95. The first kappa shape index (κ1) is 15.5. The SMILES string of the molecule is Cc1ccc(-c2ccc(S(N)(=O)=O)cc2)n1-c1ccc(F)cc1. The predicted octanol–water partition coefficient (Wildman–Crippen LogP) is 3.24. The monoisotopic (exact) mass is 330 g/mol. The van der Waals surface area contributed by atoms with Crippen LogP contribution in [-0.4, -0.2) is 13.0 Å². The Kier molecular flexibility index (Phi) is 3.79. The third kappa shape index (κ3) is 3.04. The summed E-state index contributed by atoms with van der Waals surface area (Å²) in [5.74, 6) is -0.294. The van der Waals surface area contributed by atoms with Gasteiger partial charge in [-0.15, -0.1) is 0 Å². The predicted molar refractivity (Wildman–Crippen MR) is 87.3 cm³/mol. The highest BCUT2D eigenvalue weighted by atomic mass is 32.2. The van der Waals surface area contributed by atoms with Crippen molar-refractivity contribution < 1.29 is 12.8 Å². The van der Waals surface area contributed by atoms with Crippen molar-refractivity contribution in [2.24, 2.45) is 5.14 Å². The molecule has 6 heteroatoms. The number of primary sulfonamides is 1. The quantitative estimate of drug-likeness (QED) is 0.801. The van der Waals surface area contributed by atoms with Crippen molar-refractivity contribution in [3.63, 3.8) is 0 Å². The Morgan fingerprint density at radius 3 is 2.09 bits per heavy atom. The number of nitrogens with zero attached hydrogens (tertiary/aromatic N) is 1. The van der Waals surface area contributed by atoms with Crippen LogP contribution in [0.4, 0.5) is 4.39 Å². The van der Waals surface area contributed by atoms with Gasteiger partial charge in [0.25, 0.3) is 0 Å². The average molecular weight is 330 g/mol. The molecule has 0 saturated heterocycles. The van der Waals surface area contributed by atoms with E-state index in [-0.39, 0.29) is 10.7 Å². The number of aromatic nitrogens is 1. The van der Waals surface area contributed by atoms with E-state index in [1.54, 1.807) is 24.3 Å². The number of hydrogen-bond donors (Lipinski definition) is 1. The molecule has 0 unspecified atom stereocenters. The Morgan fingerprint density at radius 2 is 1.52 bits per heavy atom. The smallest absolute Gasteiger partial charge is 0.238 e. The van der Waals surface area contributed by atoms with Gasteiger partial charge in [0, 0.05) is 11.4 Å². The van der Waals surface area contributed by atoms with Gasteiger partial charge in [-0.05, 0) is 61.0 Å². The molecule has 0 radical (unpaired) electrons. The molecule has 0 bridgehead atoms. The van der Waals surface area contributed by atoms with Gasteiger partial charge in [-0.2, -0.15) is 0 Å². The molecule has 1 heterocycles. The first-order valence-corrected chi connectivity index (χ1v) is 8.48. The maximum Gasteiger partial charge on any atom is 0.238 e. The van der Waals surface area contributed by atoms with Crippen molar-refractivity contribution in [2.75, 3.05) is 0 Å². The highest BCUT2D eigenvalue weighted by molar-refractivity contribution is 7.89. The largest absolute Gasteiger partial charge is 0.314 e. The van der Waals surface area contributed by atoms with Crippen molar-refractivity contribution in [3.05, 3.63) is 72.2 Å². The van der Waals surface area contributed by atoms with Crippen LogP contribution in [0.5, 0.6) is 0 Å². The number of aryl methyl sites for hydroxylation is 1. The van der Waals surface area contributed by atoms with E-state index in [4.69, 9.17) is 5.14 Å². The van der Waals surface area contributed by atoms with E-state index >= 15 is 0 Å². The van der Waals surface area contributed by atoms with E-state index in [0.29, 0.717) is 0 Å². The second-order valence-corrected chi connectivity index (χ2v) is 6.80. The Morgan fingerprint density at radius 1 is 0.913 bits per heavy atom. The second-order valence-electron chi connectivity index (χ2n) is 5.24. The molecule has 0 saturated carbocycles. The van der Waals surface area contributed by atoms with Gasteiger partial charge in [-0.3, -0.25) is 0 Å². The third-order valence-electron chi connectivity index (χ3n) is 3.64. The molecule has 3 rings (SSSR count). The molecule has 0 atom stereocenters. The van der Waals surface area contributed by atoms with Crippen LogP contribution in [0, 0.1) is 12.7 Å². The Bertz CT molecular complexity index is 943. The van der Waals surface area contributed by atoms with Crippen molar-refractivity contribution in [1.29, 1.82) is 0 Å². The molecule has 4 nitrogen and oxygen atoms in total. The Hall–Kier alpha value is -2.44. The zero-order valence-corrected chi connectivity index (χ0v) is 13.2. The topological polar surface area (TPSA) is 65.1 Å². The molecule has 3 aromatic rings. The molecule has 118 valence electrons. The summed E-state index contributed by atoms with van der Waals surface area (Å²) in [7, 11) is -3.71. The first-order chi connectivity index (χ1) is 10.9. The average Bonchev–Trinajstić information content (AvgIpc) is 2.89. The Balaban J connectivity index is 2.10. The fourth-order valence-electron chi connectivity index (χ4n) is 2.51. The number of nitrogens with two attached hydrogens (primary N) is 1. The number of benzene rings is 2. The molecule has 0 aliphatic heterocycles. The van der Waals surface area contributed by atoms with E-state index in [1.165, 1.54) is 24.3 Å². The molecule has 2 aromatic carbocycles. The van der Waals surface area contributed by atoms with Crippen LogP contribution in [0.25, 0.3) is 16.9 Å². The van der Waals surface area contributed by atoms with Crippen molar-refractivity contribution in [2.45, 2.75) is 11.8 Å². The molecule has 0 fully saturated rings. The molecule has 0 aliphatic carbocycles. The molecular weight excluding hydrogens is 315 g/mol. The highest BCUT2D eigenvalue weighted by Gasteiger charge is 2.12. The summed E-state index contributed by atoms with van der Waals surface area (Å²) in [6, 6.07) is 16.4. The minimum atomic E-state index is -3.71. The second kappa shape index (κ2) is 5.64. The number of hydrogen-bond acceptors (Lipinski definition) is 2. The van der Waals surface area contributed by atoms with Crippen LogP contribution >= 0.6 is 0 Å². The summed E-state index contributed by atoms with van der Waals surface area (Å²) >= 11 is 0. The maximum absolute atomic E-state index is 13.1. The minimum Gasteiger partial charge on any atom is -0.314 e. The fraction of sp³-hybridized carbons (Fsp3) is 0.0588. The highest BCUT2D eigenvalue weighted by Crippen LogP contribution is 2.27. The molecule has 0 amide bonds. The first-order valence-electron chi connectivity index (χ1n) is 6.94. The number of halogens is 1. The van der Waals surface area contributed by atoms with Crippen LogP contribution in [0.1, 0.15) is 5.69 Å². The lowest BCUT2D eigenvalue weighted by Gasteiger charge is -2.12. The van der Waals surface area contributed by atoms with E-state index in [0.717, 1.165) is 22.6 Å². The maximum atomic E-state index is 13.1. The van der Waals surface area contributed by atoms with Gasteiger partial charge in [0.05, 0.1) is 10.6 Å². The summed E-state index contributed by atoms with van der Waals surface area (Å²) in [5.41, 5.74) is 3.55.